The van der Waals surface area contributed by atoms with E-state index in [2.05, 4.69) is 15.9 Å². The Hall–Kier alpha value is -0.755. The number of halogens is 1. The maximum absolute atomic E-state index is 9.84. The van der Waals surface area contributed by atoms with E-state index in [1.54, 1.807) is 0 Å². The molecular formula is C9H9BBrNO4. The van der Waals surface area contributed by atoms with Crippen molar-refractivity contribution in [2.75, 3.05) is 13.3 Å². The van der Waals surface area contributed by atoms with Gasteiger partial charge < -0.3 is 24.9 Å². The number of hydrogen-bond donors (Lipinski definition) is 2. The quantitative estimate of drug-likeness (QED) is 0.705. The first-order valence-electron chi connectivity index (χ1n) is 4.88. The lowest BCUT2D eigenvalue weighted by molar-refractivity contribution is 0.174. The summed E-state index contributed by atoms with van der Waals surface area (Å²) in [6.45, 7) is 0.473. The van der Waals surface area contributed by atoms with E-state index in [-0.39, 0.29) is 12.9 Å². The summed E-state index contributed by atoms with van der Waals surface area (Å²) in [6, 6.07) is 1.81. The van der Waals surface area contributed by atoms with E-state index < -0.39 is 7.12 Å². The number of ether oxygens (including phenoxy) is 2. The van der Waals surface area contributed by atoms with Gasteiger partial charge in [-0.25, -0.2) is 0 Å². The molecule has 0 aromatic heterocycles. The molecule has 1 aromatic carbocycles. The highest BCUT2D eigenvalue weighted by Gasteiger charge is 2.41. The van der Waals surface area contributed by atoms with Gasteiger partial charge in [0, 0.05) is 16.5 Å². The maximum Gasteiger partial charge on any atom is 0.496 e. The summed E-state index contributed by atoms with van der Waals surface area (Å²) in [5.41, 5.74) is 7.06. The lowest BCUT2D eigenvalue weighted by Gasteiger charge is -2.11. The molecule has 2 aliphatic rings. The molecule has 3 N–H and O–H groups in total. The SMILES string of the molecule is NCC1OB(O)c2c3c(cc(Br)c21)OCO3. The van der Waals surface area contributed by atoms with Crippen LogP contribution in [-0.2, 0) is 4.65 Å². The smallest absolute Gasteiger partial charge is 0.454 e. The van der Waals surface area contributed by atoms with E-state index in [1.807, 2.05) is 6.07 Å². The second-order valence-corrected chi connectivity index (χ2v) is 4.49. The van der Waals surface area contributed by atoms with Crippen molar-refractivity contribution in [1.82, 2.24) is 0 Å². The molecule has 1 atom stereocenters. The summed E-state index contributed by atoms with van der Waals surface area (Å²) < 4.78 is 16.8. The molecule has 0 fully saturated rings. The third kappa shape index (κ3) is 1.29. The van der Waals surface area contributed by atoms with Gasteiger partial charge in [0.2, 0.25) is 6.79 Å². The first-order valence-corrected chi connectivity index (χ1v) is 5.67. The van der Waals surface area contributed by atoms with Crippen LogP contribution in [0.4, 0.5) is 0 Å². The molecule has 0 bridgehead atoms. The minimum atomic E-state index is -1.00. The van der Waals surface area contributed by atoms with Crippen LogP contribution in [0.1, 0.15) is 11.7 Å². The van der Waals surface area contributed by atoms with E-state index >= 15 is 0 Å². The number of nitrogens with two attached hydrogens (primary N) is 1. The fourth-order valence-corrected chi connectivity index (χ4v) is 2.76. The normalized spacial score (nSPS) is 21.4. The molecule has 0 spiro atoms. The minimum Gasteiger partial charge on any atom is -0.454 e. The molecule has 0 radical (unpaired) electrons. The van der Waals surface area contributed by atoms with Gasteiger partial charge >= 0.3 is 7.12 Å². The fourth-order valence-electron chi connectivity index (χ4n) is 2.09. The second-order valence-electron chi connectivity index (χ2n) is 3.63. The topological polar surface area (TPSA) is 73.9 Å². The van der Waals surface area contributed by atoms with E-state index in [4.69, 9.17) is 19.9 Å². The van der Waals surface area contributed by atoms with Crippen molar-refractivity contribution in [3.8, 4) is 11.5 Å². The lowest BCUT2D eigenvalue weighted by atomic mass is 9.78. The van der Waals surface area contributed by atoms with Gasteiger partial charge in [-0.1, -0.05) is 15.9 Å². The number of benzene rings is 1. The summed E-state index contributed by atoms with van der Waals surface area (Å²) in [5.74, 6) is 1.17. The molecule has 84 valence electrons. The average molecular weight is 286 g/mol. The Morgan fingerprint density at radius 2 is 2.38 bits per heavy atom. The molecule has 0 amide bonds. The number of fused-ring (bicyclic) bond motifs is 3. The van der Waals surface area contributed by atoms with Crippen LogP contribution in [0, 0.1) is 0 Å². The maximum atomic E-state index is 9.84. The van der Waals surface area contributed by atoms with Crippen molar-refractivity contribution in [2.24, 2.45) is 5.73 Å². The van der Waals surface area contributed by atoms with Crippen molar-refractivity contribution in [3.63, 3.8) is 0 Å². The first kappa shape index (κ1) is 10.4. The molecule has 2 heterocycles. The van der Waals surface area contributed by atoms with Crippen LogP contribution >= 0.6 is 15.9 Å². The molecule has 3 rings (SSSR count). The van der Waals surface area contributed by atoms with Gasteiger partial charge in [-0.3, -0.25) is 0 Å². The van der Waals surface area contributed by atoms with Crippen LogP contribution in [0.2, 0.25) is 0 Å². The molecule has 0 saturated carbocycles. The monoisotopic (exact) mass is 285 g/mol. The highest BCUT2D eigenvalue weighted by atomic mass is 79.9. The van der Waals surface area contributed by atoms with Gasteiger partial charge in [0.15, 0.2) is 11.5 Å². The predicted molar refractivity (Wildman–Crippen MR) is 60.8 cm³/mol. The van der Waals surface area contributed by atoms with E-state index in [9.17, 15) is 5.02 Å². The third-order valence-corrected chi connectivity index (χ3v) is 3.42. The number of rotatable bonds is 1. The lowest BCUT2D eigenvalue weighted by Crippen LogP contribution is -2.29. The Morgan fingerprint density at radius 1 is 1.56 bits per heavy atom. The molecular weight excluding hydrogens is 277 g/mol. The van der Waals surface area contributed by atoms with Crippen molar-refractivity contribution in [3.05, 3.63) is 16.1 Å². The number of hydrogen-bond acceptors (Lipinski definition) is 5. The highest BCUT2D eigenvalue weighted by Crippen LogP contribution is 2.41. The fraction of sp³-hybridized carbons (Fsp3) is 0.333. The van der Waals surface area contributed by atoms with Gasteiger partial charge in [-0.15, -0.1) is 0 Å². The molecule has 7 heteroatoms. The predicted octanol–water partition coefficient (Wildman–Crippen LogP) is -0.105. The van der Waals surface area contributed by atoms with Gasteiger partial charge in [0.1, 0.15) is 0 Å². The van der Waals surface area contributed by atoms with Gasteiger partial charge in [0.05, 0.1) is 6.10 Å². The summed E-state index contributed by atoms with van der Waals surface area (Å²) in [7, 11) is -1.00. The van der Waals surface area contributed by atoms with Crippen molar-refractivity contribution in [2.45, 2.75) is 6.10 Å². The Balaban J connectivity index is 2.23. The largest absolute Gasteiger partial charge is 0.496 e. The van der Waals surface area contributed by atoms with E-state index in [0.29, 0.717) is 23.5 Å². The zero-order chi connectivity index (χ0) is 11.3. The Morgan fingerprint density at radius 3 is 3.12 bits per heavy atom. The average Bonchev–Trinajstić information content (AvgIpc) is 2.82. The summed E-state index contributed by atoms with van der Waals surface area (Å²) in [5, 5.41) is 9.84. The van der Waals surface area contributed by atoms with Crippen LogP contribution in [0.25, 0.3) is 0 Å². The zero-order valence-corrected chi connectivity index (χ0v) is 9.86. The van der Waals surface area contributed by atoms with Gasteiger partial charge in [-0.2, -0.15) is 0 Å². The third-order valence-electron chi connectivity index (χ3n) is 2.77. The first-order chi connectivity index (χ1) is 7.72. The molecule has 5 nitrogen and oxygen atoms in total. The molecule has 2 aliphatic heterocycles. The van der Waals surface area contributed by atoms with Crippen LogP contribution in [0.5, 0.6) is 11.5 Å². The van der Waals surface area contributed by atoms with Gasteiger partial charge in [-0.05, 0) is 11.6 Å². The second kappa shape index (κ2) is 3.63. The van der Waals surface area contributed by atoms with Crippen LogP contribution in [0.15, 0.2) is 10.5 Å². The van der Waals surface area contributed by atoms with Crippen molar-refractivity contribution >= 4 is 28.5 Å². The molecule has 1 unspecified atom stereocenters. The Bertz CT molecular complexity index is 456. The van der Waals surface area contributed by atoms with Crippen LogP contribution in [-0.4, -0.2) is 25.5 Å². The highest BCUT2D eigenvalue weighted by molar-refractivity contribution is 9.10. The Labute approximate surface area is 101 Å². The zero-order valence-electron chi connectivity index (χ0n) is 8.27. The van der Waals surface area contributed by atoms with E-state index in [0.717, 1.165) is 10.0 Å². The summed E-state index contributed by atoms with van der Waals surface area (Å²) in [4.78, 5) is 0. The molecule has 1 aromatic rings. The molecule has 16 heavy (non-hydrogen) atoms. The molecule has 0 saturated heterocycles. The van der Waals surface area contributed by atoms with Crippen LogP contribution < -0.4 is 20.7 Å². The Kier molecular flexibility index (Phi) is 2.36. The van der Waals surface area contributed by atoms with Crippen molar-refractivity contribution in [1.29, 1.82) is 0 Å². The summed E-state index contributed by atoms with van der Waals surface area (Å²) in [6.07, 6.45) is -0.311. The van der Waals surface area contributed by atoms with Crippen LogP contribution in [0.3, 0.4) is 0 Å². The minimum absolute atomic E-state index is 0.165. The standard InChI is InChI=1S/C9H9BBrNO4/c11-4-1-5-9(15-3-14-5)8-7(4)6(2-12)16-10(8)13/h1,6,13H,2-3,12H2. The van der Waals surface area contributed by atoms with Gasteiger partial charge in [0.25, 0.3) is 0 Å². The van der Waals surface area contributed by atoms with Crippen molar-refractivity contribution < 1.29 is 19.2 Å². The summed E-state index contributed by atoms with van der Waals surface area (Å²) >= 11 is 3.43. The van der Waals surface area contributed by atoms with E-state index in [1.165, 1.54) is 0 Å². The molecule has 0 aliphatic carbocycles.